The SMILES string of the molecule is C[C@@H]1CCC[C@H](C)N1C(=O)Cc1nc(CCl)cs1. The second-order valence-corrected chi connectivity index (χ2v) is 6.18. The molecular formula is C13H19ClN2OS. The monoisotopic (exact) mass is 286 g/mol. The van der Waals surface area contributed by atoms with Crippen LogP contribution in [0.4, 0.5) is 0 Å². The summed E-state index contributed by atoms with van der Waals surface area (Å²) in [6.07, 6.45) is 3.86. The maximum Gasteiger partial charge on any atom is 0.229 e. The number of halogens is 1. The molecule has 0 spiro atoms. The second-order valence-electron chi connectivity index (χ2n) is 4.97. The van der Waals surface area contributed by atoms with E-state index in [4.69, 9.17) is 11.6 Å². The van der Waals surface area contributed by atoms with E-state index in [9.17, 15) is 4.79 Å². The lowest BCUT2D eigenvalue weighted by atomic mass is 9.97. The number of rotatable bonds is 3. The van der Waals surface area contributed by atoms with Crippen LogP contribution in [0.3, 0.4) is 0 Å². The average molecular weight is 287 g/mol. The van der Waals surface area contributed by atoms with Crippen LogP contribution in [0.5, 0.6) is 0 Å². The molecule has 0 radical (unpaired) electrons. The van der Waals surface area contributed by atoms with Crippen LogP contribution >= 0.6 is 22.9 Å². The molecule has 0 saturated carbocycles. The summed E-state index contributed by atoms with van der Waals surface area (Å²) in [7, 11) is 0. The number of aromatic nitrogens is 1. The van der Waals surface area contributed by atoms with E-state index in [0.29, 0.717) is 24.4 Å². The zero-order valence-corrected chi connectivity index (χ0v) is 12.4. The molecule has 1 saturated heterocycles. The summed E-state index contributed by atoms with van der Waals surface area (Å²) >= 11 is 7.25. The van der Waals surface area contributed by atoms with Crippen molar-refractivity contribution in [1.29, 1.82) is 0 Å². The van der Waals surface area contributed by atoms with Crippen LogP contribution in [-0.2, 0) is 17.1 Å². The van der Waals surface area contributed by atoms with E-state index in [1.807, 2.05) is 10.3 Å². The first-order chi connectivity index (χ1) is 8.61. The van der Waals surface area contributed by atoms with Crippen molar-refractivity contribution in [2.75, 3.05) is 0 Å². The summed E-state index contributed by atoms with van der Waals surface area (Å²) in [4.78, 5) is 18.7. The van der Waals surface area contributed by atoms with Crippen molar-refractivity contribution in [2.24, 2.45) is 0 Å². The molecule has 100 valence electrons. The Morgan fingerprint density at radius 3 is 2.72 bits per heavy atom. The van der Waals surface area contributed by atoms with Gasteiger partial charge in [-0.15, -0.1) is 22.9 Å². The lowest BCUT2D eigenvalue weighted by Crippen LogP contribution is -2.48. The minimum absolute atomic E-state index is 0.199. The summed E-state index contributed by atoms with van der Waals surface area (Å²) in [6, 6.07) is 0.711. The Bertz CT molecular complexity index is 411. The fraction of sp³-hybridized carbons (Fsp3) is 0.692. The van der Waals surface area contributed by atoms with Gasteiger partial charge in [0.15, 0.2) is 0 Å². The maximum atomic E-state index is 12.3. The van der Waals surface area contributed by atoms with Crippen molar-refractivity contribution in [1.82, 2.24) is 9.88 Å². The highest BCUT2D eigenvalue weighted by Gasteiger charge is 2.29. The number of likely N-dealkylation sites (tertiary alicyclic amines) is 1. The number of carbonyl (C=O) groups excluding carboxylic acids is 1. The number of carbonyl (C=O) groups is 1. The smallest absolute Gasteiger partial charge is 0.229 e. The van der Waals surface area contributed by atoms with Gasteiger partial charge in [0.25, 0.3) is 0 Å². The number of piperidine rings is 1. The van der Waals surface area contributed by atoms with Gasteiger partial charge >= 0.3 is 0 Å². The largest absolute Gasteiger partial charge is 0.337 e. The summed E-state index contributed by atoms with van der Waals surface area (Å²) in [5.41, 5.74) is 0.865. The van der Waals surface area contributed by atoms with Gasteiger partial charge in [0.05, 0.1) is 18.0 Å². The van der Waals surface area contributed by atoms with Crippen molar-refractivity contribution in [3.63, 3.8) is 0 Å². The third kappa shape index (κ3) is 3.04. The number of nitrogens with zero attached hydrogens (tertiary/aromatic N) is 2. The van der Waals surface area contributed by atoms with Crippen LogP contribution in [-0.4, -0.2) is 27.9 Å². The molecule has 0 bridgehead atoms. The van der Waals surface area contributed by atoms with Crippen LogP contribution in [0.1, 0.15) is 43.8 Å². The summed E-state index contributed by atoms with van der Waals surface area (Å²) < 4.78 is 0. The lowest BCUT2D eigenvalue weighted by Gasteiger charge is -2.39. The molecule has 1 aromatic heterocycles. The predicted octanol–water partition coefficient (Wildman–Crippen LogP) is 3.21. The molecule has 0 aromatic carbocycles. The molecule has 18 heavy (non-hydrogen) atoms. The van der Waals surface area contributed by atoms with E-state index in [2.05, 4.69) is 18.8 Å². The summed E-state index contributed by atoms with van der Waals surface area (Å²) in [5, 5.41) is 2.80. The third-order valence-electron chi connectivity index (χ3n) is 3.52. The number of alkyl halides is 1. The van der Waals surface area contributed by atoms with Gasteiger partial charge in [-0.1, -0.05) is 0 Å². The van der Waals surface area contributed by atoms with Crippen LogP contribution in [0.25, 0.3) is 0 Å². The Morgan fingerprint density at radius 1 is 1.50 bits per heavy atom. The Balaban J connectivity index is 2.02. The van der Waals surface area contributed by atoms with Gasteiger partial charge in [0.1, 0.15) is 5.01 Å². The van der Waals surface area contributed by atoms with Gasteiger partial charge in [0.2, 0.25) is 5.91 Å². The molecule has 0 N–H and O–H groups in total. The van der Waals surface area contributed by atoms with E-state index in [-0.39, 0.29) is 5.91 Å². The molecule has 1 aliphatic rings. The maximum absolute atomic E-state index is 12.3. The number of hydrogen-bond donors (Lipinski definition) is 0. The Kier molecular flexibility index (Phi) is 4.62. The fourth-order valence-electron chi connectivity index (χ4n) is 2.63. The first-order valence-electron chi connectivity index (χ1n) is 6.42. The normalized spacial score (nSPS) is 24.3. The minimum Gasteiger partial charge on any atom is -0.337 e. The number of hydrogen-bond acceptors (Lipinski definition) is 3. The average Bonchev–Trinajstić information content (AvgIpc) is 2.76. The molecular weight excluding hydrogens is 268 g/mol. The third-order valence-corrected chi connectivity index (χ3v) is 4.69. The fourth-order valence-corrected chi connectivity index (χ4v) is 3.64. The van der Waals surface area contributed by atoms with Crippen molar-refractivity contribution in [2.45, 2.75) is 57.5 Å². The molecule has 2 rings (SSSR count). The summed E-state index contributed by atoms with van der Waals surface area (Å²) in [5.74, 6) is 0.617. The molecule has 5 heteroatoms. The number of thiazole rings is 1. The van der Waals surface area contributed by atoms with Crippen LogP contribution < -0.4 is 0 Å². The van der Waals surface area contributed by atoms with Gasteiger partial charge in [-0.25, -0.2) is 4.98 Å². The quantitative estimate of drug-likeness (QED) is 0.800. The summed E-state index contributed by atoms with van der Waals surface area (Å²) in [6.45, 7) is 4.28. The van der Waals surface area contributed by atoms with E-state index in [1.54, 1.807) is 0 Å². The minimum atomic E-state index is 0.199. The van der Waals surface area contributed by atoms with Gasteiger partial charge < -0.3 is 4.90 Å². The standard InChI is InChI=1S/C13H19ClN2OS/c1-9-4-3-5-10(2)16(9)13(17)6-12-15-11(7-14)8-18-12/h8-10H,3-7H2,1-2H3/t9-,10+. The van der Waals surface area contributed by atoms with Crippen LogP contribution in [0.2, 0.25) is 0 Å². The van der Waals surface area contributed by atoms with E-state index in [1.165, 1.54) is 17.8 Å². The second kappa shape index (κ2) is 6.02. The van der Waals surface area contributed by atoms with Crippen LogP contribution in [0.15, 0.2) is 5.38 Å². The topological polar surface area (TPSA) is 33.2 Å². The highest BCUT2D eigenvalue weighted by molar-refractivity contribution is 7.09. The molecule has 1 aliphatic heterocycles. The van der Waals surface area contributed by atoms with E-state index >= 15 is 0 Å². The Labute approximate surface area is 117 Å². The van der Waals surface area contributed by atoms with Crippen molar-refractivity contribution in [3.8, 4) is 0 Å². The van der Waals surface area contributed by atoms with Crippen LogP contribution in [0, 0.1) is 0 Å². The molecule has 1 aromatic rings. The van der Waals surface area contributed by atoms with Crippen molar-refractivity contribution < 1.29 is 4.79 Å². The molecule has 1 fully saturated rings. The first-order valence-corrected chi connectivity index (χ1v) is 7.83. The van der Waals surface area contributed by atoms with Gasteiger partial charge in [-0.3, -0.25) is 4.79 Å². The highest BCUT2D eigenvalue weighted by Crippen LogP contribution is 2.24. The van der Waals surface area contributed by atoms with Crippen molar-refractivity contribution >= 4 is 28.8 Å². The Hall–Kier alpha value is -0.610. The zero-order valence-electron chi connectivity index (χ0n) is 10.9. The van der Waals surface area contributed by atoms with Crippen molar-refractivity contribution in [3.05, 3.63) is 16.1 Å². The molecule has 0 unspecified atom stereocenters. The number of amides is 1. The van der Waals surface area contributed by atoms with E-state index in [0.717, 1.165) is 23.5 Å². The predicted molar refractivity (Wildman–Crippen MR) is 75.0 cm³/mol. The van der Waals surface area contributed by atoms with Gasteiger partial charge in [-0.05, 0) is 33.1 Å². The first kappa shape index (κ1) is 13.8. The zero-order chi connectivity index (χ0) is 13.1. The Morgan fingerprint density at radius 2 is 2.17 bits per heavy atom. The lowest BCUT2D eigenvalue weighted by molar-refractivity contribution is -0.136. The molecule has 1 amide bonds. The molecule has 2 heterocycles. The highest BCUT2D eigenvalue weighted by atomic mass is 35.5. The molecule has 3 nitrogen and oxygen atoms in total. The van der Waals surface area contributed by atoms with Gasteiger partial charge in [-0.2, -0.15) is 0 Å². The van der Waals surface area contributed by atoms with E-state index < -0.39 is 0 Å². The van der Waals surface area contributed by atoms with Gasteiger partial charge in [0, 0.05) is 17.5 Å². The molecule has 2 atom stereocenters. The molecule has 0 aliphatic carbocycles.